The van der Waals surface area contributed by atoms with Gasteiger partial charge in [-0.15, -0.1) is 0 Å². The number of nitrogens with one attached hydrogen (secondary N) is 1. The Hall–Kier alpha value is -1.18. The number of nitrogens with zero attached hydrogens (tertiary/aromatic N) is 1. The van der Waals surface area contributed by atoms with Crippen LogP contribution in [0.4, 0.5) is 0 Å². The molecule has 0 aliphatic rings. The van der Waals surface area contributed by atoms with Crippen LogP contribution in [0.5, 0.6) is 0 Å². The van der Waals surface area contributed by atoms with Gasteiger partial charge in [0.1, 0.15) is 0 Å². The Bertz CT molecular complexity index is 316. The van der Waals surface area contributed by atoms with Crippen molar-refractivity contribution in [1.82, 2.24) is 9.78 Å². The number of fused-ring (bicyclic) bond motifs is 1. The second-order valence-corrected chi connectivity index (χ2v) is 2.19. The molecular formula is C7H8N2. The maximum atomic E-state index is 3.12. The van der Waals surface area contributed by atoms with Crippen molar-refractivity contribution in [3.8, 4) is 0 Å². The number of aromatic nitrogens is 2. The van der Waals surface area contributed by atoms with Crippen LogP contribution in [0.3, 0.4) is 0 Å². The van der Waals surface area contributed by atoms with E-state index in [0.717, 1.165) is 0 Å². The highest BCUT2D eigenvalue weighted by Gasteiger charge is 1.95. The lowest BCUT2D eigenvalue weighted by Gasteiger charge is -2.09. The van der Waals surface area contributed by atoms with Crippen LogP contribution in [0, 0.1) is 0 Å². The normalized spacial score (nSPS) is 10.8. The van der Waals surface area contributed by atoms with Gasteiger partial charge in [0.25, 0.3) is 0 Å². The lowest BCUT2D eigenvalue weighted by Crippen LogP contribution is -2.03. The van der Waals surface area contributed by atoms with E-state index in [1.165, 1.54) is 11.0 Å². The second-order valence-electron chi connectivity index (χ2n) is 2.19. The number of benzene rings is 1. The first kappa shape index (κ1) is 4.68. The summed E-state index contributed by atoms with van der Waals surface area (Å²) in [7, 11) is 2.00. The van der Waals surface area contributed by atoms with Crippen LogP contribution in [0.25, 0.3) is 11.0 Å². The van der Waals surface area contributed by atoms with Gasteiger partial charge < -0.3 is 0 Å². The average molecular weight is 120 g/mol. The van der Waals surface area contributed by atoms with Gasteiger partial charge in [-0.1, -0.05) is 12.1 Å². The average Bonchev–Trinajstić information content (AvgIpc) is 1.86. The SMILES string of the molecule is Cn1[nH]c2ccccc21. The van der Waals surface area contributed by atoms with E-state index >= 15 is 0 Å². The van der Waals surface area contributed by atoms with Crippen LogP contribution in [-0.4, -0.2) is 9.78 Å². The lowest BCUT2D eigenvalue weighted by molar-refractivity contribution is 0.762. The highest BCUT2D eigenvalue weighted by Crippen LogP contribution is 2.10. The number of hydrogen-bond acceptors (Lipinski definition) is 0. The maximum Gasteiger partial charge on any atom is 0.0818 e. The summed E-state index contributed by atoms with van der Waals surface area (Å²) in [6.45, 7) is 0. The maximum absolute atomic E-state index is 3.12. The first-order valence-electron chi connectivity index (χ1n) is 2.97. The molecule has 0 bridgehead atoms. The quantitative estimate of drug-likeness (QED) is 0.544. The van der Waals surface area contributed by atoms with Crippen molar-refractivity contribution < 1.29 is 0 Å². The molecule has 0 unspecified atom stereocenters. The minimum Gasteiger partial charge on any atom is -0.296 e. The third-order valence-electron chi connectivity index (χ3n) is 1.55. The molecule has 0 aliphatic heterocycles. The molecule has 1 N–H and O–H groups in total. The monoisotopic (exact) mass is 120 g/mol. The Morgan fingerprint density at radius 2 is 2.11 bits per heavy atom. The lowest BCUT2D eigenvalue weighted by atomic mass is 10.3. The molecule has 0 atom stereocenters. The number of H-pyrrole nitrogens is 1. The van der Waals surface area contributed by atoms with Gasteiger partial charge in [0.05, 0.1) is 11.0 Å². The minimum atomic E-state index is 1.22. The van der Waals surface area contributed by atoms with Crippen molar-refractivity contribution in [3.63, 3.8) is 0 Å². The Morgan fingerprint density at radius 1 is 1.33 bits per heavy atom. The molecule has 2 heteroatoms. The van der Waals surface area contributed by atoms with E-state index in [0.29, 0.717) is 0 Å². The molecule has 0 amide bonds. The highest BCUT2D eigenvalue weighted by atomic mass is 15.3. The summed E-state index contributed by atoms with van der Waals surface area (Å²) in [5, 5.41) is 3.12. The molecule has 9 heavy (non-hydrogen) atoms. The molecule has 2 rings (SSSR count). The van der Waals surface area contributed by atoms with Gasteiger partial charge in [0.2, 0.25) is 0 Å². The Labute approximate surface area is 53.1 Å². The van der Waals surface area contributed by atoms with Crippen LogP contribution in [0.2, 0.25) is 0 Å². The van der Waals surface area contributed by atoms with Gasteiger partial charge in [-0.2, -0.15) is 0 Å². The van der Waals surface area contributed by atoms with E-state index in [2.05, 4.69) is 17.2 Å². The number of para-hydroxylation sites is 2. The molecule has 1 aromatic heterocycles. The van der Waals surface area contributed by atoms with Crippen molar-refractivity contribution in [2.24, 2.45) is 7.05 Å². The largest absolute Gasteiger partial charge is 0.296 e. The number of hydrogen-bond donors (Lipinski definition) is 1. The third kappa shape index (κ3) is 0.499. The molecule has 2 aromatic rings. The molecule has 0 aliphatic carbocycles. The van der Waals surface area contributed by atoms with Gasteiger partial charge in [-0.05, 0) is 12.1 Å². The Morgan fingerprint density at radius 3 is 2.67 bits per heavy atom. The van der Waals surface area contributed by atoms with Gasteiger partial charge in [-0.3, -0.25) is 9.78 Å². The molecule has 0 saturated carbocycles. The van der Waals surface area contributed by atoms with E-state index in [-0.39, 0.29) is 0 Å². The zero-order valence-electron chi connectivity index (χ0n) is 5.26. The first-order valence-corrected chi connectivity index (χ1v) is 2.97. The van der Waals surface area contributed by atoms with E-state index < -0.39 is 0 Å². The molecule has 0 radical (unpaired) electrons. The summed E-state index contributed by atoms with van der Waals surface area (Å²) < 4.78 is 2.00. The predicted octanol–water partition coefficient (Wildman–Crippen LogP) is 1.51. The van der Waals surface area contributed by atoms with Crippen LogP contribution in [-0.2, 0) is 7.05 Å². The molecule has 46 valence electrons. The van der Waals surface area contributed by atoms with Crippen LogP contribution < -0.4 is 0 Å². The molecular weight excluding hydrogens is 112 g/mol. The fourth-order valence-corrected chi connectivity index (χ4v) is 1.05. The standard InChI is InChI=1S/C7H8N2/c1-9-7-5-3-2-4-6(7)8-9/h2-5,8H,1H3. The number of aromatic amines is 1. The zero-order valence-corrected chi connectivity index (χ0v) is 5.26. The molecule has 2 nitrogen and oxygen atoms in total. The second kappa shape index (κ2) is 1.41. The zero-order chi connectivity index (χ0) is 6.27. The summed E-state index contributed by atoms with van der Waals surface area (Å²) in [5.74, 6) is 0. The molecule has 0 spiro atoms. The first-order chi connectivity index (χ1) is 4.38. The summed E-state index contributed by atoms with van der Waals surface area (Å²) in [5.41, 5.74) is 2.50. The predicted molar refractivity (Wildman–Crippen MR) is 37.3 cm³/mol. The Kier molecular flexibility index (Phi) is 0.730. The Balaban J connectivity index is 2.81. The van der Waals surface area contributed by atoms with Crippen molar-refractivity contribution in [2.75, 3.05) is 0 Å². The summed E-state index contributed by atoms with van der Waals surface area (Å²) in [4.78, 5) is 0. The van der Waals surface area contributed by atoms with E-state index in [1.54, 1.807) is 0 Å². The molecule has 0 fully saturated rings. The summed E-state index contributed by atoms with van der Waals surface area (Å²) in [6.07, 6.45) is 0. The summed E-state index contributed by atoms with van der Waals surface area (Å²) in [6, 6.07) is 8.22. The summed E-state index contributed by atoms with van der Waals surface area (Å²) >= 11 is 0. The van der Waals surface area contributed by atoms with Crippen molar-refractivity contribution >= 4 is 11.0 Å². The topological polar surface area (TPSA) is 20.7 Å². The smallest absolute Gasteiger partial charge is 0.0818 e. The van der Waals surface area contributed by atoms with E-state index in [9.17, 15) is 0 Å². The molecule has 1 heterocycles. The van der Waals surface area contributed by atoms with Crippen LogP contribution >= 0.6 is 0 Å². The number of rotatable bonds is 0. The molecule has 1 aromatic carbocycles. The van der Waals surface area contributed by atoms with Crippen molar-refractivity contribution in [3.05, 3.63) is 24.3 Å². The van der Waals surface area contributed by atoms with Crippen LogP contribution in [0.1, 0.15) is 0 Å². The third-order valence-corrected chi connectivity index (χ3v) is 1.55. The van der Waals surface area contributed by atoms with E-state index in [1.807, 2.05) is 23.9 Å². The van der Waals surface area contributed by atoms with Gasteiger partial charge >= 0.3 is 0 Å². The van der Waals surface area contributed by atoms with E-state index in [4.69, 9.17) is 0 Å². The molecule has 0 saturated heterocycles. The fraction of sp³-hybridized carbons (Fsp3) is 0.143. The van der Waals surface area contributed by atoms with Gasteiger partial charge in [0.15, 0.2) is 0 Å². The van der Waals surface area contributed by atoms with Crippen molar-refractivity contribution in [2.45, 2.75) is 0 Å². The van der Waals surface area contributed by atoms with Crippen LogP contribution in [0.15, 0.2) is 24.3 Å². The number of aryl methyl sites for hydroxylation is 1. The van der Waals surface area contributed by atoms with Gasteiger partial charge in [0, 0.05) is 7.05 Å². The minimum absolute atomic E-state index is 1.22. The van der Waals surface area contributed by atoms with Crippen molar-refractivity contribution in [1.29, 1.82) is 0 Å². The fourth-order valence-electron chi connectivity index (χ4n) is 1.05. The van der Waals surface area contributed by atoms with Gasteiger partial charge in [-0.25, -0.2) is 0 Å². The highest BCUT2D eigenvalue weighted by molar-refractivity contribution is 5.76.